The Labute approximate surface area is 245 Å². The highest BCUT2D eigenvalue weighted by Gasteiger charge is 2.47. The number of carbonyl (C=O) groups is 1. The molecule has 222 valence electrons. The maximum Gasteiger partial charge on any atom is 0.415 e. The number of benzene rings is 3. The number of amides is 1. The van der Waals surface area contributed by atoms with Gasteiger partial charge < -0.3 is 19.3 Å². The molecule has 3 aliphatic rings. The van der Waals surface area contributed by atoms with Crippen LogP contribution < -0.4 is 9.64 Å². The van der Waals surface area contributed by atoms with Crippen LogP contribution in [0.1, 0.15) is 55.2 Å². The van der Waals surface area contributed by atoms with Crippen molar-refractivity contribution < 1.29 is 33.0 Å². The molecule has 1 spiro atoms. The molecule has 0 unspecified atom stereocenters. The predicted molar refractivity (Wildman–Crippen MR) is 158 cm³/mol. The molecular formula is C32H36FN2O6P. The quantitative estimate of drug-likeness (QED) is 0.275. The summed E-state index contributed by atoms with van der Waals surface area (Å²) in [6.45, 7) is 5.24. The van der Waals surface area contributed by atoms with Gasteiger partial charge in [0.25, 0.3) is 0 Å². The lowest BCUT2D eigenvalue weighted by Gasteiger charge is -2.37. The third-order valence-corrected chi connectivity index (χ3v) is 9.25. The van der Waals surface area contributed by atoms with E-state index in [1.807, 2.05) is 19.1 Å². The number of ether oxygens (including phenoxy) is 2. The van der Waals surface area contributed by atoms with Gasteiger partial charge in [0.2, 0.25) is 0 Å². The maximum atomic E-state index is 13.6. The lowest BCUT2D eigenvalue weighted by Crippen LogP contribution is -2.46. The SMILES string of the molecule is CCOc1cc(-c2ccc(F)cc2)c(C2CC2)cc1CN1CCC2(CC1)CN(c1ccc(CP(=O)(O)O)cc1)C(=O)O2. The fraction of sp³-hybridized carbons (Fsp3) is 0.406. The zero-order valence-corrected chi connectivity index (χ0v) is 24.6. The van der Waals surface area contributed by atoms with E-state index in [9.17, 15) is 23.5 Å². The van der Waals surface area contributed by atoms with Gasteiger partial charge in [-0.25, -0.2) is 9.18 Å². The largest absolute Gasteiger partial charge is 0.494 e. The van der Waals surface area contributed by atoms with Crippen molar-refractivity contribution in [3.8, 4) is 16.9 Å². The highest BCUT2D eigenvalue weighted by molar-refractivity contribution is 7.50. The molecule has 0 radical (unpaired) electrons. The second-order valence-electron chi connectivity index (χ2n) is 11.7. The lowest BCUT2D eigenvalue weighted by atomic mass is 9.90. The minimum Gasteiger partial charge on any atom is -0.494 e. The number of hydrogen-bond donors (Lipinski definition) is 2. The van der Waals surface area contributed by atoms with Crippen molar-refractivity contribution in [2.24, 2.45) is 0 Å². The van der Waals surface area contributed by atoms with E-state index in [4.69, 9.17) is 9.47 Å². The fourth-order valence-corrected chi connectivity index (χ4v) is 6.82. The van der Waals surface area contributed by atoms with Crippen molar-refractivity contribution in [2.75, 3.05) is 31.1 Å². The summed E-state index contributed by atoms with van der Waals surface area (Å²) >= 11 is 0. The van der Waals surface area contributed by atoms with E-state index in [-0.39, 0.29) is 12.0 Å². The Hall–Kier alpha value is -3.23. The van der Waals surface area contributed by atoms with Crippen LogP contribution in [0.25, 0.3) is 11.1 Å². The number of halogens is 1. The van der Waals surface area contributed by atoms with Crippen LogP contribution in [0.2, 0.25) is 0 Å². The number of piperidine rings is 1. The first-order chi connectivity index (χ1) is 20.1. The monoisotopic (exact) mass is 594 g/mol. The standard InChI is InChI=1S/C32H36FN2O6P/c1-2-40-30-18-29(24-7-9-26(33)10-8-24)28(23-5-6-23)17-25(30)19-34-15-13-32(14-16-34)21-35(31(36)41-32)27-11-3-22(4-12-27)20-42(37,38)39/h3-4,7-12,17-18,23H,2,5-6,13-16,19-21H2,1H3,(H2,37,38,39). The Morgan fingerprint density at radius 1 is 1.05 bits per heavy atom. The highest BCUT2D eigenvalue weighted by Crippen LogP contribution is 2.47. The molecule has 1 aliphatic carbocycles. The molecule has 1 amide bonds. The van der Waals surface area contributed by atoms with Crippen molar-refractivity contribution in [3.63, 3.8) is 0 Å². The van der Waals surface area contributed by atoms with E-state index < -0.39 is 19.3 Å². The van der Waals surface area contributed by atoms with Crippen LogP contribution in [0.3, 0.4) is 0 Å². The van der Waals surface area contributed by atoms with Gasteiger partial charge in [-0.2, -0.15) is 0 Å². The Bertz CT molecular complexity index is 1490. The van der Waals surface area contributed by atoms with Gasteiger partial charge in [0, 0.05) is 43.7 Å². The van der Waals surface area contributed by atoms with E-state index in [0.29, 0.717) is 43.2 Å². The summed E-state index contributed by atoms with van der Waals surface area (Å²) in [6.07, 6.45) is 3.00. The van der Waals surface area contributed by atoms with Crippen molar-refractivity contribution in [3.05, 3.63) is 83.2 Å². The molecule has 6 rings (SSSR count). The van der Waals surface area contributed by atoms with Crippen LogP contribution in [0, 0.1) is 5.82 Å². The van der Waals surface area contributed by atoms with Gasteiger partial charge in [0.1, 0.15) is 17.2 Å². The summed E-state index contributed by atoms with van der Waals surface area (Å²) in [5, 5.41) is 0. The molecule has 2 N–H and O–H groups in total. The normalized spacial score (nSPS) is 18.9. The Morgan fingerprint density at radius 3 is 2.36 bits per heavy atom. The van der Waals surface area contributed by atoms with Crippen LogP contribution in [0.5, 0.6) is 5.75 Å². The van der Waals surface area contributed by atoms with Crippen LogP contribution in [0.15, 0.2) is 60.7 Å². The average Bonchev–Trinajstić information content (AvgIpc) is 3.75. The van der Waals surface area contributed by atoms with Crippen molar-refractivity contribution >= 4 is 19.4 Å². The molecule has 3 aromatic rings. The van der Waals surface area contributed by atoms with Gasteiger partial charge in [-0.3, -0.25) is 14.4 Å². The minimum atomic E-state index is -4.16. The zero-order chi connectivity index (χ0) is 29.5. The minimum absolute atomic E-state index is 0.247. The van der Waals surface area contributed by atoms with Gasteiger partial charge in [-0.15, -0.1) is 0 Å². The average molecular weight is 595 g/mol. The van der Waals surface area contributed by atoms with Gasteiger partial charge in [0.15, 0.2) is 0 Å². The molecule has 42 heavy (non-hydrogen) atoms. The molecule has 10 heteroatoms. The first-order valence-electron chi connectivity index (χ1n) is 14.5. The van der Waals surface area contributed by atoms with E-state index in [1.54, 1.807) is 29.2 Å². The van der Waals surface area contributed by atoms with Gasteiger partial charge in [-0.05, 0) is 84.3 Å². The topological polar surface area (TPSA) is 99.5 Å². The first kappa shape index (κ1) is 28.9. The summed E-state index contributed by atoms with van der Waals surface area (Å²) in [6, 6.07) is 17.8. The van der Waals surface area contributed by atoms with Crippen LogP contribution in [-0.4, -0.2) is 52.6 Å². The number of anilines is 1. The molecular weight excluding hydrogens is 558 g/mol. The summed E-state index contributed by atoms with van der Waals surface area (Å²) in [5.74, 6) is 1.12. The molecule has 3 fully saturated rings. The number of rotatable bonds is 9. The van der Waals surface area contributed by atoms with Crippen LogP contribution in [0.4, 0.5) is 14.9 Å². The van der Waals surface area contributed by atoms with Gasteiger partial charge >= 0.3 is 13.7 Å². The third-order valence-electron chi connectivity index (χ3n) is 8.47. The smallest absolute Gasteiger partial charge is 0.415 e. The summed E-state index contributed by atoms with van der Waals surface area (Å²) < 4.78 is 37.0. The molecule has 8 nitrogen and oxygen atoms in total. The number of carbonyl (C=O) groups excluding carboxylic acids is 1. The molecule has 3 aromatic carbocycles. The van der Waals surface area contributed by atoms with Crippen LogP contribution >= 0.6 is 7.60 Å². The Balaban J connectivity index is 1.14. The molecule has 0 bridgehead atoms. The maximum absolute atomic E-state index is 13.6. The Kier molecular flexibility index (Phi) is 7.87. The summed E-state index contributed by atoms with van der Waals surface area (Å²) in [7, 11) is -4.16. The Morgan fingerprint density at radius 2 is 1.74 bits per heavy atom. The molecule has 2 saturated heterocycles. The van der Waals surface area contributed by atoms with E-state index in [2.05, 4.69) is 17.0 Å². The van der Waals surface area contributed by atoms with Gasteiger partial charge in [-0.1, -0.05) is 24.3 Å². The highest BCUT2D eigenvalue weighted by atomic mass is 31.2. The fourth-order valence-electron chi connectivity index (χ4n) is 6.13. The van der Waals surface area contributed by atoms with E-state index in [0.717, 1.165) is 54.9 Å². The predicted octanol–water partition coefficient (Wildman–Crippen LogP) is 6.44. The first-order valence-corrected chi connectivity index (χ1v) is 16.3. The van der Waals surface area contributed by atoms with E-state index >= 15 is 0 Å². The third kappa shape index (κ3) is 6.40. The number of hydrogen-bond acceptors (Lipinski definition) is 5. The van der Waals surface area contributed by atoms with Crippen LogP contribution in [-0.2, 0) is 22.0 Å². The molecule has 2 aliphatic heterocycles. The van der Waals surface area contributed by atoms with Crippen molar-refractivity contribution in [1.29, 1.82) is 0 Å². The van der Waals surface area contributed by atoms with Crippen molar-refractivity contribution in [1.82, 2.24) is 4.90 Å². The zero-order valence-electron chi connectivity index (χ0n) is 23.7. The number of likely N-dealkylation sites (tertiary alicyclic amines) is 1. The molecule has 0 atom stereocenters. The molecule has 0 aromatic heterocycles. The summed E-state index contributed by atoms with van der Waals surface area (Å²) in [5.41, 5.74) is 5.15. The number of nitrogens with zero attached hydrogens (tertiary/aromatic N) is 2. The molecule has 1 saturated carbocycles. The summed E-state index contributed by atoms with van der Waals surface area (Å²) in [4.78, 5) is 35.3. The van der Waals surface area contributed by atoms with E-state index in [1.165, 1.54) is 17.7 Å². The lowest BCUT2D eigenvalue weighted by molar-refractivity contribution is -0.00111. The second-order valence-corrected chi connectivity index (χ2v) is 13.3. The van der Waals surface area contributed by atoms with Gasteiger partial charge in [0.05, 0.1) is 19.3 Å². The van der Waals surface area contributed by atoms with Crippen molar-refractivity contribution in [2.45, 2.75) is 56.8 Å². The second kappa shape index (κ2) is 11.5. The molecule has 2 heterocycles.